The molecule has 0 N–H and O–H groups in total. The molecular formula is C16H19NOS. The van der Waals surface area contributed by atoms with E-state index in [0.717, 1.165) is 24.2 Å². The minimum atomic E-state index is 0.369. The third kappa shape index (κ3) is 2.77. The summed E-state index contributed by atoms with van der Waals surface area (Å²) in [6.07, 6.45) is 5.77. The maximum absolute atomic E-state index is 5.71. The monoisotopic (exact) mass is 273 g/mol. The summed E-state index contributed by atoms with van der Waals surface area (Å²) in [6.45, 7) is 3.08. The number of thioether (sulfide) groups is 1. The first kappa shape index (κ1) is 12.9. The number of ether oxygens (including phenoxy) is 1. The number of hydrogen-bond acceptors (Lipinski definition) is 3. The molecule has 2 nitrogen and oxygen atoms in total. The Morgan fingerprint density at radius 2 is 2.26 bits per heavy atom. The summed E-state index contributed by atoms with van der Waals surface area (Å²) in [5.74, 6) is 0. The molecule has 1 aromatic heterocycles. The molecular weight excluding hydrogens is 254 g/mol. The van der Waals surface area contributed by atoms with Crippen LogP contribution in [0.25, 0.3) is 10.9 Å². The van der Waals surface area contributed by atoms with Crippen LogP contribution in [-0.4, -0.2) is 24.0 Å². The molecule has 0 unspecified atom stereocenters. The fraction of sp³-hybridized carbons (Fsp3) is 0.438. The minimum Gasteiger partial charge on any atom is -0.378 e. The van der Waals surface area contributed by atoms with Crippen molar-refractivity contribution in [1.82, 2.24) is 4.98 Å². The van der Waals surface area contributed by atoms with Crippen LogP contribution in [0.2, 0.25) is 0 Å². The molecule has 19 heavy (non-hydrogen) atoms. The van der Waals surface area contributed by atoms with Gasteiger partial charge in [-0.25, -0.2) is 0 Å². The SMILES string of the molecule is CSc1ccc2c(C)cc(C[C@H]3CCCO3)nc2c1. The van der Waals surface area contributed by atoms with Crippen LogP contribution < -0.4 is 0 Å². The van der Waals surface area contributed by atoms with Crippen molar-refractivity contribution in [2.24, 2.45) is 0 Å². The normalized spacial score (nSPS) is 19.2. The fourth-order valence-electron chi connectivity index (χ4n) is 2.72. The Hall–Kier alpha value is -1.06. The van der Waals surface area contributed by atoms with E-state index in [1.807, 2.05) is 0 Å². The van der Waals surface area contributed by atoms with E-state index in [-0.39, 0.29) is 0 Å². The topological polar surface area (TPSA) is 22.1 Å². The molecule has 0 saturated carbocycles. The fourth-order valence-corrected chi connectivity index (χ4v) is 3.16. The molecule has 0 amide bonds. The van der Waals surface area contributed by atoms with E-state index in [4.69, 9.17) is 9.72 Å². The Balaban J connectivity index is 1.96. The van der Waals surface area contributed by atoms with Gasteiger partial charge in [-0.3, -0.25) is 4.98 Å². The Labute approximate surface area is 118 Å². The lowest BCUT2D eigenvalue weighted by molar-refractivity contribution is 0.111. The Bertz CT molecular complexity index is 591. The summed E-state index contributed by atoms with van der Waals surface area (Å²) < 4.78 is 5.71. The highest BCUT2D eigenvalue weighted by molar-refractivity contribution is 7.98. The van der Waals surface area contributed by atoms with Crippen molar-refractivity contribution in [2.45, 2.75) is 37.2 Å². The molecule has 1 atom stereocenters. The van der Waals surface area contributed by atoms with Crippen LogP contribution in [0.5, 0.6) is 0 Å². The first-order valence-corrected chi connectivity index (χ1v) is 8.04. The molecule has 1 saturated heterocycles. The molecule has 0 aliphatic carbocycles. The average Bonchev–Trinajstić information content (AvgIpc) is 2.91. The Morgan fingerprint density at radius 3 is 3.00 bits per heavy atom. The lowest BCUT2D eigenvalue weighted by Crippen LogP contribution is -2.10. The zero-order valence-corrected chi connectivity index (χ0v) is 12.3. The molecule has 3 heteroatoms. The van der Waals surface area contributed by atoms with Crippen molar-refractivity contribution in [3.8, 4) is 0 Å². The highest BCUT2D eigenvalue weighted by Gasteiger charge is 2.17. The Morgan fingerprint density at radius 1 is 1.37 bits per heavy atom. The van der Waals surface area contributed by atoms with Crippen LogP contribution in [0.3, 0.4) is 0 Å². The summed E-state index contributed by atoms with van der Waals surface area (Å²) in [7, 11) is 0. The maximum atomic E-state index is 5.71. The quantitative estimate of drug-likeness (QED) is 0.790. The molecule has 0 bridgehead atoms. The van der Waals surface area contributed by atoms with E-state index < -0.39 is 0 Å². The summed E-state index contributed by atoms with van der Waals surface area (Å²) in [5.41, 5.74) is 3.58. The maximum Gasteiger partial charge on any atom is 0.0719 e. The first-order valence-electron chi connectivity index (χ1n) is 6.82. The van der Waals surface area contributed by atoms with Crippen molar-refractivity contribution < 1.29 is 4.74 Å². The molecule has 0 spiro atoms. The van der Waals surface area contributed by atoms with E-state index in [1.165, 1.54) is 28.7 Å². The molecule has 0 radical (unpaired) electrons. The highest BCUT2D eigenvalue weighted by Crippen LogP contribution is 2.25. The molecule has 1 aliphatic rings. The number of hydrogen-bond donors (Lipinski definition) is 0. The van der Waals surface area contributed by atoms with Gasteiger partial charge in [0.05, 0.1) is 11.6 Å². The lowest BCUT2D eigenvalue weighted by atomic mass is 10.1. The summed E-state index contributed by atoms with van der Waals surface area (Å²) in [5, 5.41) is 1.26. The zero-order chi connectivity index (χ0) is 13.2. The van der Waals surface area contributed by atoms with Gasteiger partial charge in [0.15, 0.2) is 0 Å². The van der Waals surface area contributed by atoms with E-state index in [1.54, 1.807) is 11.8 Å². The number of pyridine rings is 1. The third-order valence-electron chi connectivity index (χ3n) is 3.74. The average molecular weight is 273 g/mol. The second-order valence-electron chi connectivity index (χ2n) is 5.15. The second-order valence-corrected chi connectivity index (χ2v) is 6.03. The molecule has 1 fully saturated rings. The number of nitrogens with zero attached hydrogens (tertiary/aromatic N) is 1. The second kappa shape index (κ2) is 5.51. The number of aromatic nitrogens is 1. The van der Waals surface area contributed by atoms with Crippen molar-refractivity contribution in [1.29, 1.82) is 0 Å². The standard InChI is InChI=1S/C16H19NOS/c1-11-8-12(9-13-4-3-7-18-13)17-16-10-14(19-2)5-6-15(11)16/h5-6,8,10,13H,3-4,7,9H2,1-2H3/t13-/m1/s1. The van der Waals surface area contributed by atoms with Gasteiger partial charge in [0, 0.05) is 29.0 Å². The summed E-state index contributed by atoms with van der Waals surface area (Å²) in [6, 6.07) is 8.75. The molecule has 3 rings (SSSR count). The van der Waals surface area contributed by atoms with Gasteiger partial charge in [-0.15, -0.1) is 11.8 Å². The number of aryl methyl sites for hydroxylation is 1. The van der Waals surface area contributed by atoms with Gasteiger partial charge in [-0.1, -0.05) is 6.07 Å². The van der Waals surface area contributed by atoms with Crippen molar-refractivity contribution >= 4 is 22.7 Å². The van der Waals surface area contributed by atoms with Gasteiger partial charge < -0.3 is 4.74 Å². The van der Waals surface area contributed by atoms with Crippen molar-refractivity contribution in [3.05, 3.63) is 35.5 Å². The van der Waals surface area contributed by atoms with Gasteiger partial charge in [0.1, 0.15) is 0 Å². The largest absolute Gasteiger partial charge is 0.378 e. The van der Waals surface area contributed by atoms with Gasteiger partial charge >= 0.3 is 0 Å². The molecule has 2 heterocycles. The lowest BCUT2D eigenvalue weighted by Gasteiger charge is -2.11. The van der Waals surface area contributed by atoms with Gasteiger partial charge in [-0.05, 0) is 49.8 Å². The van der Waals surface area contributed by atoms with E-state index in [2.05, 4.69) is 37.4 Å². The zero-order valence-electron chi connectivity index (χ0n) is 11.5. The predicted molar refractivity (Wildman–Crippen MR) is 80.9 cm³/mol. The highest BCUT2D eigenvalue weighted by atomic mass is 32.2. The molecule has 2 aromatic rings. The molecule has 100 valence electrons. The van der Waals surface area contributed by atoms with Crippen LogP contribution in [0, 0.1) is 6.92 Å². The van der Waals surface area contributed by atoms with Crippen LogP contribution >= 0.6 is 11.8 Å². The molecule has 1 aromatic carbocycles. The first-order chi connectivity index (χ1) is 9.26. The summed E-state index contributed by atoms with van der Waals surface area (Å²) >= 11 is 1.76. The molecule has 1 aliphatic heterocycles. The van der Waals surface area contributed by atoms with Crippen LogP contribution in [0.15, 0.2) is 29.2 Å². The van der Waals surface area contributed by atoms with E-state index in [9.17, 15) is 0 Å². The third-order valence-corrected chi connectivity index (χ3v) is 4.46. The van der Waals surface area contributed by atoms with Crippen LogP contribution in [0.4, 0.5) is 0 Å². The van der Waals surface area contributed by atoms with Crippen molar-refractivity contribution in [3.63, 3.8) is 0 Å². The smallest absolute Gasteiger partial charge is 0.0719 e. The van der Waals surface area contributed by atoms with Gasteiger partial charge in [0.2, 0.25) is 0 Å². The van der Waals surface area contributed by atoms with Crippen molar-refractivity contribution in [2.75, 3.05) is 12.9 Å². The number of fused-ring (bicyclic) bond motifs is 1. The minimum absolute atomic E-state index is 0.369. The summed E-state index contributed by atoms with van der Waals surface area (Å²) in [4.78, 5) is 6.09. The van der Waals surface area contributed by atoms with Crippen LogP contribution in [-0.2, 0) is 11.2 Å². The van der Waals surface area contributed by atoms with Crippen LogP contribution in [0.1, 0.15) is 24.1 Å². The number of rotatable bonds is 3. The van der Waals surface area contributed by atoms with Gasteiger partial charge in [-0.2, -0.15) is 0 Å². The van der Waals surface area contributed by atoms with E-state index >= 15 is 0 Å². The predicted octanol–water partition coefficient (Wildman–Crippen LogP) is 3.99. The van der Waals surface area contributed by atoms with E-state index in [0.29, 0.717) is 6.10 Å². The Kier molecular flexibility index (Phi) is 3.76. The number of benzene rings is 1. The van der Waals surface area contributed by atoms with Gasteiger partial charge in [0.25, 0.3) is 0 Å².